The Balaban J connectivity index is 3.04. The van der Waals surface area contributed by atoms with Crippen molar-refractivity contribution >= 4 is 10.0 Å². The van der Waals surface area contributed by atoms with E-state index in [4.69, 9.17) is 5.73 Å². The van der Waals surface area contributed by atoms with Crippen LogP contribution in [0.4, 0.5) is 0 Å². The number of hydrogen-bond donors (Lipinski definition) is 2. The molecule has 1 heterocycles. The molecule has 1 aromatic rings. The van der Waals surface area contributed by atoms with Crippen LogP contribution in [0.3, 0.4) is 0 Å². The van der Waals surface area contributed by atoms with Gasteiger partial charge < -0.3 is 10.3 Å². The molecule has 6 heteroatoms. The third-order valence-corrected chi connectivity index (χ3v) is 5.35. The molecule has 0 radical (unpaired) electrons. The van der Waals surface area contributed by atoms with Gasteiger partial charge in [-0.15, -0.1) is 0 Å². The summed E-state index contributed by atoms with van der Waals surface area (Å²) in [7, 11) is -3.49. The van der Waals surface area contributed by atoms with Crippen molar-refractivity contribution in [2.24, 2.45) is 11.7 Å². The van der Waals surface area contributed by atoms with E-state index in [9.17, 15) is 8.42 Å². The fraction of sp³-hybridized carbons (Fsp3) is 0.714. The van der Waals surface area contributed by atoms with Gasteiger partial charge >= 0.3 is 0 Å². The molecule has 2 atom stereocenters. The average molecular weight is 301 g/mol. The van der Waals surface area contributed by atoms with Gasteiger partial charge in [0.05, 0.1) is 4.90 Å². The number of nitrogens with two attached hydrogens (primary N) is 1. The molecule has 0 aliphatic heterocycles. The largest absolute Gasteiger partial charge is 0.346 e. The van der Waals surface area contributed by atoms with Gasteiger partial charge in [-0.25, -0.2) is 13.1 Å². The molecule has 0 bridgehead atoms. The fourth-order valence-corrected chi connectivity index (χ4v) is 3.47. The molecule has 1 rings (SSSR count). The summed E-state index contributed by atoms with van der Waals surface area (Å²) in [4.78, 5) is 0.293. The molecule has 1 aromatic heterocycles. The van der Waals surface area contributed by atoms with Crippen LogP contribution < -0.4 is 10.5 Å². The van der Waals surface area contributed by atoms with Crippen molar-refractivity contribution in [3.8, 4) is 0 Å². The van der Waals surface area contributed by atoms with Crippen LogP contribution in [0.5, 0.6) is 0 Å². The number of nitrogens with one attached hydrogen (secondary N) is 1. The highest BCUT2D eigenvalue weighted by atomic mass is 32.2. The third-order valence-electron chi connectivity index (χ3n) is 3.82. The normalized spacial score (nSPS) is 15.6. The summed E-state index contributed by atoms with van der Waals surface area (Å²) in [6, 6.07) is 1.75. The minimum atomic E-state index is -3.49. The van der Waals surface area contributed by atoms with Gasteiger partial charge in [-0.05, 0) is 32.8 Å². The zero-order chi connectivity index (χ0) is 15.5. The van der Waals surface area contributed by atoms with Gasteiger partial charge in [0.1, 0.15) is 0 Å². The van der Waals surface area contributed by atoms with Crippen LogP contribution in [0.1, 0.15) is 52.8 Å². The molecule has 0 aliphatic rings. The Morgan fingerprint density at radius 2 is 1.90 bits per heavy atom. The number of rotatable bonds is 7. The molecule has 2 unspecified atom stereocenters. The average Bonchev–Trinajstić information content (AvgIpc) is 2.82. The smallest absolute Gasteiger partial charge is 0.242 e. The fourth-order valence-electron chi connectivity index (χ4n) is 2.07. The number of aromatic nitrogens is 1. The Labute approximate surface area is 122 Å². The van der Waals surface area contributed by atoms with Crippen LogP contribution >= 0.6 is 0 Å². The zero-order valence-electron chi connectivity index (χ0n) is 13.1. The highest BCUT2D eigenvalue weighted by molar-refractivity contribution is 7.89. The number of nitrogens with zero attached hydrogens (tertiary/aromatic N) is 1. The molecular weight excluding hydrogens is 274 g/mol. The molecule has 0 aromatic carbocycles. The molecule has 0 aliphatic carbocycles. The van der Waals surface area contributed by atoms with Gasteiger partial charge in [0, 0.05) is 30.5 Å². The van der Waals surface area contributed by atoms with Crippen LogP contribution in [0.25, 0.3) is 0 Å². The first-order valence-corrected chi connectivity index (χ1v) is 8.64. The number of hydrogen-bond acceptors (Lipinski definition) is 3. The Hall–Kier alpha value is -0.850. The molecule has 116 valence electrons. The van der Waals surface area contributed by atoms with Crippen LogP contribution in [-0.2, 0) is 16.6 Å². The molecule has 5 nitrogen and oxygen atoms in total. The molecule has 0 amide bonds. The molecule has 0 spiro atoms. The van der Waals surface area contributed by atoms with Crippen LogP contribution in [0, 0.1) is 5.92 Å². The van der Waals surface area contributed by atoms with E-state index in [1.807, 2.05) is 32.3 Å². The van der Waals surface area contributed by atoms with Crippen molar-refractivity contribution in [3.05, 3.63) is 18.0 Å². The maximum absolute atomic E-state index is 12.4. The van der Waals surface area contributed by atoms with Crippen molar-refractivity contribution in [2.45, 2.75) is 64.6 Å². The van der Waals surface area contributed by atoms with Gasteiger partial charge in [0.25, 0.3) is 0 Å². The van der Waals surface area contributed by atoms with Crippen molar-refractivity contribution in [1.29, 1.82) is 0 Å². The summed E-state index contributed by atoms with van der Waals surface area (Å²) >= 11 is 0. The topological polar surface area (TPSA) is 77.1 Å². The highest BCUT2D eigenvalue weighted by Gasteiger charge is 2.23. The van der Waals surface area contributed by atoms with Gasteiger partial charge in [-0.3, -0.25) is 0 Å². The second-order valence-corrected chi connectivity index (χ2v) is 7.38. The SMILES string of the molecule is CCC(C)C(C)NS(=O)(=O)c1cc(CN)n(C(C)C)c1. The predicted octanol–water partition coefficient (Wildman–Crippen LogP) is 2.24. The first-order valence-electron chi connectivity index (χ1n) is 7.16. The summed E-state index contributed by atoms with van der Waals surface area (Å²) in [6.45, 7) is 10.3. The van der Waals surface area contributed by atoms with E-state index in [2.05, 4.69) is 11.6 Å². The second-order valence-electron chi connectivity index (χ2n) is 5.67. The molecule has 0 fully saturated rings. The van der Waals surface area contributed by atoms with Crippen LogP contribution in [-0.4, -0.2) is 19.0 Å². The van der Waals surface area contributed by atoms with E-state index in [0.29, 0.717) is 17.4 Å². The number of sulfonamides is 1. The third kappa shape index (κ3) is 3.84. The lowest BCUT2D eigenvalue weighted by molar-refractivity contribution is 0.434. The lowest BCUT2D eigenvalue weighted by Gasteiger charge is -2.19. The minimum absolute atomic E-state index is 0.0891. The summed E-state index contributed by atoms with van der Waals surface area (Å²) in [6.07, 6.45) is 2.60. The maximum atomic E-state index is 12.4. The standard InChI is InChI=1S/C14H27N3O2S/c1-6-11(4)12(5)16-20(18,19)14-7-13(8-15)17(9-14)10(2)3/h7,9-12,16H,6,8,15H2,1-5H3. The molecule has 20 heavy (non-hydrogen) atoms. The maximum Gasteiger partial charge on any atom is 0.242 e. The Kier molecular flexibility index (Phi) is 5.79. The summed E-state index contributed by atoms with van der Waals surface area (Å²) < 4.78 is 29.5. The van der Waals surface area contributed by atoms with E-state index >= 15 is 0 Å². The lowest BCUT2D eigenvalue weighted by Crippen LogP contribution is -2.36. The lowest BCUT2D eigenvalue weighted by atomic mass is 10.0. The van der Waals surface area contributed by atoms with E-state index in [-0.39, 0.29) is 12.1 Å². The highest BCUT2D eigenvalue weighted by Crippen LogP contribution is 2.20. The first-order chi connectivity index (χ1) is 9.22. The summed E-state index contributed by atoms with van der Waals surface area (Å²) in [5.74, 6) is 0.297. The van der Waals surface area contributed by atoms with Gasteiger partial charge in [-0.2, -0.15) is 0 Å². The molecule has 0 saturated carbocycles. The van der Waals surface area contributed by atoms with Crippen molar-refractivity contribution in [3.63, 3.8) is 0 Å². The molecule has 0 saturated heterocycles. The second kappa shape index (κ2) is 6.74. The Bertz CT molecular complexity index is 535. The molecular formula is C14H27N3O2S. The monoisotopic (exact) mass is 301 g/mol. The van der Waals surface area contributed by atoms with E-state index < -0.39 is 10.0 Å². The van der Waals surface area contributed by atoms with E-state index in [0.717, 1.165) is 12.1 Å². The van der Waals surface area contributed by atoms with E-state index in [1.165, 1.54) is 0 Å². The van der Waals surface area contributed by atoms with Crippen LogP contribution in [0.2, 0.25) is 0 Å². The summed E-state index contributed by atoms with van der Waals surface area (Å²) in [5.41, 5.74) is 6.51. The minimum Gasteiger partial charge on any atom is -0.346 e. The quantitative estimate of drug-likeness (QED) is 0.811. The van der Waals surface area contributed by atoms with Gasteiger partial charge in [-0.1, -0.05) is 20.3 Å². The van der Waals surface area contributed by atoms with Crippen molar-refractivity contribution in [2.75, 3.05) is 0 Å². The summed E-state index contributed by atoms with van der Waals surface area (Å²) in [5, 5.41) is 0. The van der Waals surface area contributed by atoms with Gasteiger partial charge in [0.2, 0.25) is 10.0 Å². The molecule has 3 N–H and O–H groups in total. The Morgan fingerprint density at radius 1 is 1.30 bits per heavy atom. The Morgan fingerprint density at radius 3 is 2.30 bits per heavy atom. The zero-order valence-corrected chi connectivity index (χ0v) is 13.9. The van der Waals surface area contributed by atoms with Gasteiger partial charge in [0.15, 0.2) is 0 Å². The predicted molar refractivity (Wildman–Crippen MR) is 81.9 cm³/mol. The first kappa shape index (κ1) is 17.2. The van der Waals surface area contributed by atoms with Crippen molar-refractivity contribution < 1.29 is 8.42 Å². The van der Waals surface area contributed by atoms with Crippen molar-refractivity contribution in [1.82, 2.24) is 9.29 Å². The van der Waals surface area contributed by atoms with Crippen LogP contribution in [0.15, 0.2) is 17.2 Å². The van der Waals surface area contributed by atoms with E-state index in [1.54, 1.807) is 12.3 Å².